The first-order chi connectivity index (χ1) is 6.79. The van der Waals surface area contributed by atoms with Crippen LogP contribution in [0.2, 0.25) is 0 Å². The third-order valence-electron chi connectivity index (χ3n) is 2.09. The highest BCUT2D eigenvalue weighted by Gasteiger charge is 1.99. The Labute approximate surface area is 82.6 Å². The Morgan fingerprint density at radius 1 is 1.21 bits per heavy atom. The molecule has 0 N–H and O–H groups in total. The molecular formula is C10H12N4. The van der Waals surface area contributed by atoms with Crippen LogP contribution < -0.4 is 0 Å². The molecule has 0 spiro atoms. The van der Waals surface area contributed by atoms with Crippen molar-refractivity contribution in [2.75, 3.05) is 0 Å². The van der Waals surface area contributed by atoms with Gasteiger partial charge in [-0.15, -0.1) is 15.0 Å². The maximum absolute atomic E-state index is 4.13. The summed E-state index contributed by atoms with van der Waals surface area (Å²) in [6.07, 6.45) is 1.05. The van der Waals surface area contributed by atoms with Crippen molar-refractivity contribution in [3.63, 3.8) is 0 Å². The molecule has 1 aromatic carbocycles. The molecule has 0 unspecified atom stereocenters. The van der Waals surface area contributed by atoms with E-state index in [1.807, 2.05) is 19.1 Å². The summed E-state index contributed by atoms with van der Waals surface area (Å²) in [7, 11) is 0. The third-order valence-corrected chi connectivity index (χ3v) is 2.09. The topological polar surface area (TPSA) is 43.6 Å². The summed E-state index contributed by atoms with van der Waals surface area (Å²) in [6, 6.07) is 8.15. The molecule has 0 radical (unpaired) electrons. The van der Waals surface area contributed by atoms with E-state index in [0.717, 1.165) is 12.1 Å². The van der Waals surface area contributed by atoms with E-state index in [4.69, 9.17) is 0 Å². The van der Waals surface area contributed by atoms with Gasteiger partial charge in [0.15, 0.2) is 5.82 Å². The molecule has 4 nitrogen and oxygen atoms in total. The van der Waals surface area contributed by atoms with Crippen molar-refractivity contribution in [1.29, 1.82) is 0 Å². The first-order valence-electron chi connectivity index (χ1n) is 4.65. The Hall–Kier alpha value is -1.71. The van der Waals surface area contributed by atoms with Gasteiger partial charge in [-0.3, -0.25) is 0 Å². The number of aryl methyl sites for hydroxylation is 2. The van der Waals surface area contributed by atoms with Crippen molar-refractivity contribution in [3.8, 4) is 5.69 Å². The standard InChI is InChI=1S/C10H12N4/c1-3-9-4-6-10(7-5-9)14-12-8(2)11-13-14/h4-7H,3H2,1-2H3. The maximum Gasteiger partial charge on any atom is 0.172 e. The lowest BCUT2D eigenvalue weighted by Crippen LogP contribution is -1.98. The molecule has 4 heteroatoms. The Bertz CT molecular complexity index is 416. The van der Waals surface area contributed by atoms with Crippen LogP contribution in [0.1, 0.15) is 18.3 Å². The lowest BCUT2D eigenvalue weighted by molar-refractivity contribution is 0.718. The minimum atomic E-state index is 0.685. The van der Waals surface area contributed by atoms with Crippen molar-refractivity contribution in [1.82, 2.24) is 20.2 Å². The molecule has 1 heterocycles. The van der Waals surface area contributed by atoms with Crippen LogP contribution >= 0.6 is 0 Å². The van der Waals surface area contributed by atoms with E-state index < -0.39 is 0 Å². The molecule has 0 saturated heterocycles. The van der Waals surface area contributed by atoms with Crippen LogP contribution in [0.15, 0.2) is 24.3 Å². The van der Waals surface area contributed by atoms with E-state index >= 15 is 0 Å². The van der Waals surface area contributed by atoms with Crippen molar-refractivity contribution < 1.29 is 0 Å². The van der Waals surface area contributed by atoms with Gasteiger partial charge in [-0.25, -0.2) is 0 Å². The van der Waals surface area contributed by atoms with Crippen molar-refractivity contribution >= 4 is 0 Å². The number of nitrogens with zero attached hydrogens (tertiary/aromatic N) is 4. The number of aromatic nitrogens is 4. The van der Waals surface area contributed by atoms with Crippen LogP contribution in [0.5, 0.6) is 0 Å². The Balaban J connectivity index is 2.33. The molecule has 0 atom stereocenters. The summed E-state index contributed by atoms with van der Waals surface area (Å²) in [5, 5.41) is 11.9. The SMILES string of the molecule is CCc1ccc(-n2nnc(C)n2)cc1. The fraction of sp³-hybridized carbons (Fsp3) is 0.300. The van der Waals surface area contributed by atoms with E-state index in [0.29, 0.717) is 5.82 Å². The van der Waals surface area contributed by atoms with E-state index in [2.05, 4.69) is 34.5 Å². The number of hydrogen-bond donors (Lipinski definition) is 0. The minimum Gasteiger partial charge on any atom is -0.132 e. The second kappa shape index (κ2) is 3.57. The summed E-state index contributed by atoms with van der Waals surface area (Å²) >= 11 is 0. The summed E-state index contributed by atoms with van der Waals surface area (Å²) < 4.78 is 0. The predicted molar refractivity (Wildman–Crippen MR) is 53.3 cm³/mol. The normalized spacial score (nSPS) is 10.4. The number of hydrogen-bond acceptors (Lipinski definition) is 3. The second-order valence-electron chi connectivity index (χ2n) is 3.15. The van der Waals surface area contributed by atoms with Gasteiger partial charge in [-0.2, -0.15) is 0 Å². The molecule has 72 valence electrons. The van der Waals surface area contributed by atoms with Gasteiger partial charge in [0.05, 0.1) is 5.69 Å². The average molecular weight is 188 g/mol. The number of tetrazole rings is 1. The molecule has 0 bridgehead atoms. The summed E-state index contributed by atoms with van der Waals surface area (Å²) in [5.41, 5.74) is 2.26. The van der Waals surface area contributed by atoms with Gasteiger partial charge in [0, 0.05) is 0 Å². The van der Waals surface area contributed by atoms with Crippen molar-refractivity contribution in [2.24, 2.45) is 0 Å². The van der Waals surface area contributed by atoms with Gasteiger partial charge >= 0.3 is 0 Å². The number of rotatable bonds is 2. The van der Waals surface area contributed by atoms with Gasteiger partial charge < -0.3 is 0 Å². The fourth-order valence-corrected chi connectivity index (χ4v) is 1.26. The largest absolute Gasteiger partial charge is 0.172 e. The maximum atomic E-state index is 4.13. The second-order valence-corrected chi connectivity index (χ2v) is 3.15. The summed E-state index contributed by atoms with van der Waals surface area (Å²) in [6.45, 7) is 3.96. The van der Waals surface area contributed by atoms with Gasteiger partial charge in [0.1, 0.15) is 0 Å². The predicted octanol–water partition coefficient (Wildman–Crippen LogP) is 1.53. The Morgan fingerprint density at radius 3 is 2.43 bits per heavy atom. The van der Waals surface area contributed by atoms with Crippen LogP contribution in [0, 0.1) is 6.92 Å². The van der Waals surface area contributed by atoms with Gasteiger partial charge in [-0.05, 0) is 36.3 Å². The first kappa shape index (κ1) is 8.87. The molecule has 14 heavy (non-hydrogen) atoms. The molecule has 1 aromatic heterocycles. The van der Waals surface area contributed by atoms with E-state index in [1.165, 1.54) is 10.4 Å². The monoisotopic (exact) mass is 188 g/mol. The van der Waals surface area contributed by atoms with Crippen LogP contribution in [0.25, 0.3) is 5.69 Å². The molecular weight excluding hydrogens is 176 g/mol. The molecule has 0 fully saturated rings. The quantitative estimate of drug-likeness (QED) is 0.717. The first-order valence-corrected chi connectivity index (χ1v) is 4.65. The molecule has 0 aliphatic heterocycles. The van der Waals surface area contributed by atoms with E-state index in [-0.39, 0.29) is 0 Å². The van der Waals surface area contributed by atoms with Gasteiger partial charge in [0.2, 0.25) is 0 Å². The summed E-state index contributed by atoms with van der Waals surface area (Å²) in [4.78, 5) is 1.54. The van der Waals surface area contributed by atoms with Crippen LogP contribution in [-0.2, 0) is 6.42 Å². The highest BCUT2D eigenvalue weighted by atomic mass is 15.6. The average Bonchev–Trinajstić information content (AvgIpc) is 2.65. The smallest absolute Gasteiger partial charge is 0.132 e. The highest BCUT2D eigenvalue weighted by Crippen LogP contribution is 2.07. The van der Waals surface area contributed by atoms with E-state index in [1.54, 1.807) is 0 Å². The van der Waals surface area contributed by atoms with Crippen LogP contribution in [0.3, 0.4) is 0 Å². The fourth-order valence-electron chi connectivity index (χ4n) is 1.26. The lowest BCUT2D eigenvalue weighted by Gasteiger charge is -1.99. The zero-order chi connectivity index (χ0) is 9.97. The zero-order valence-electron chi connectivity index (χ0n) is 8.31. The Kier molecular flexibility index (Phi) is 2.26. The van der Waals surface area contributed by atoms with Gasteiger partial charge in [0.25, 0.3) is 0 Å². The molecule has 0 aliphatic carbocycles. The van der Waals surface area contributed by atoms with E-state index in [9.17, 15) is 0 Å². The summed E-state index contributed by atoms with van der Waals surface area (Å²) in [5.74, 6) is 0.685. The minimum absolute atomic E-state index is 0.685. The lowest BCUT2D eigenvalue weighted by atomic mass is 10.2. The van der Waals surface area contributed by atoms with Crippen molar-refractivity contribution in [2.45, 2.75) is 20.3 Å². The Morgan fingerprint density at radius 2 is 1.93 bits per heavy atom. The molecule has 0 amide bonds. The molecule has 0 aliphatic rings. The van der Waals surface area contributed by atoms with Crippen LogP contribution in [0.4, 0.5) is 0 Å². The van der Waals surface area contributed by atoms with Crippen molar-refractivity contribution in [3.05, 3.63) is 35.7 Å². The molecule has 2 aromatic rings. The number of benzene rings is 1. The zero-order valence-corrected chi connectivity index (χ0v) is 8.31. The molecule has 0 saturated carbocycles. The third kappa shape index (κ3) is 1.64. The molecule has 2 rings (SSSR count). The van der Waals surface area contributed by atoms with Crippen LogP contribution in [-0.4, -0.2) is 20.2 Å². The highest BCUT2D eigenvalue weighted by molar-refractivity contribution is 5.32. The van der Waals surface area contributed by atoms with Gasteiger partial charge in [-0.1, -0.05) is 19.1 Å².